The van der Waals surface area contributed by atoms with E-state index in [1.807, 2.05) is 20.8 Å². The minimum absolute atomic E-state index is 0.0311. The van der Waals surface area contributed by atoms with Crippen LogP contribution in [0, 0.1) is 5.41 Å². The van der Waals surface area contributed by atoms with Gasteiger partial charge in [-0.1, -0.05) is 32.9 Å². The number of carbonyl (C=O) groups excluding carboxylic acids is 1. The third kappa shape index (κ3) is 3.80. The molecule has 0 aliphatic heterocycles. The van der Waals surface area contributed by atoms with Gasteiger partial charge >= 0.3 is 5.97 Å². The summed E-state index contributed by atoms with van der Waals surface area (Å²) in [5.74, 6) is -0.672. The first-order valence-electron chi connectivity index (χ1n) is 6.29. The van der Waals surface area contributed by atoms with Gasteiger partial charge in [0.2, 0.25) is 10.0 Å². The van der Waals surface area contributed by atoms with Crippen LogP contribution in [-0.4, -0.2) is 27.5 Å². The predicted octanol–water partition coefficient (Wildman–Crippen LogP) is 2.19. The monoisotopic (exact) mass is 299 g/mol. The summed E-state index contributed by atoms with van der Waals surface area (Å²) in [6.07, 6.45) is 0. The summed E-state index contributed by atoms with van der Waals surface area (Å²) in [6, 6.07) is 5.71. The molecule has 1 unspecified atom stereocenters. The van der Waals surface area contributed by atoms with E-state index in [-0.39, 0.29) is 21.9 Å². The van der Waals surface area contributed by atoms with Gasteiger partial charge < -0.3 is 4.74 Å². The second kappa shape index (κ2) is 5.93. The van der Waals surface area contributed by atoms with Gasteiger partial charge in [-0.25, -0.2) is 17.9 Å². The highest BCUT2D eigenvalue weighted by Gasteiger charge is 2.28. The average Bonchev–Trinajstić information content (AvgIpc) is 2.36. The van der Waals surface area contributed by atoms with Gasteiger partial charge in [-0.15, -0.1) is 0 Å². The number of ether oxygens (including phenoxy) is 1. The highest BCUT2D eigenvalue weighted by atomic mass is 32.2. The van der Waals surface area contributed by atoms with Crippen molar-refractivity contribution in [2.24, 2.45) is 5.41 Å². The van der Waals surface area contributed by atoms with Crippen LogP contribution in [0.1, 0.15) is 38.1 Å². The average molecular weight is 299 g/mol. The van der Waals surface area contributed by atoms with Gasteiger partial charge in [0.05, 0.1) is 17.6 Å². The van der Waals surface area contributed by atoms with Crippen LogP contribution in [0.15, 0.2) is 29.2 Å². The van der Waals surface area contributed by atoms with Gasteiger partial charge in [0, 0.05) is 6.04 Å². The summed E-state index contributed by atoms with van der Waals surface area (Å²) < 4.78 is 32.0. The number of sulfonamides is 1. The van der Waals surface area contributed by atoms with E-state index in [0.29, 0.717) is 0 Å². The lowest BCUT2D eigenvalue weighted by atomic mass is 9.89. The maximum absolute atomic E-state index is 12.4. The Labute approximate surface area is 120 Å². The Balaban J connectivity index is 3.20. The van der Waals surface area contributed by atoms with E-state index < -0.39 is 16.0 Å². The molecule has 0 fully saturated rings. The predicted molar refractivity (Wildman–Crippen MR) is 77.0 cm³/mol. The van der Waals surface area contributed by atoms with Crippen molar-refractivity contribution in [3.05, 3.63) is 29.8 Å². The van der Waals surface area contributed by atoms with E-state index >= 15 is 0 Å². The van der Waals surface area contributed by atoms with Crippen molar-refractivity contribution < 1.29 is 17.9 Å². The molecule has 0 amide bonds. The van der Waals surface area contributed by atoms with Crippen LogP contribution in [0.5, 0.6) is 0 Å². The first kappa shape index (κ1) is 16.7. The Morgan fingerprint density at radius 1 is 1.25 bits per heavy atom. The van der Waals surface area contributed by atoms with Gasteiger partial charge in [-0.3, -0.25) is 0 Å². The van der Waals surface area contributed by atoms with Crippen LogP contribution in [0.2, 0.25) is 0 Å². The lowest BCUT2D eigenvalue weighted by Crippen LogP contribution is -2.41. The van der Waals surface area contributed by atoms with Crippen molar-refractivity contribution in [3.8, 4) is 0 Å². The summed E-state index contributed by atoms with van der Waals surface area (Å²) in [5, 5.41) is 0. The third-order valence-corrected chi connectivity index (χ3v) is 4.81. The summed E-state index contributed by atoms with van der Waals surface area (Å²) in [5.41, 5.74) is -0.198. The number of methoxy groups -OCH3 is 1. The number of rotatable bonds is 4. The van der Waals surface area contributed by atoms with Gasteiger partial charge in [-0.2, -0.15) is 0 Å². The van der Waals surface area contributed by atoms with E-state index in [0.717, 1.165) is 0 Å². The molecule has 1 aromatic rings. The molecule has 1 rings (SSSR count). The molecule has 1 aromatic carbocycles. The number of hydrogen-bond acceptors (Lipinski definition) is 4. The van der Waals surface area contributed by atoms with Gasteiger partial charge in [-0.05, 0) is 24.5 Å². The zero-order chi connectivity index (χ0) is 15.6. The van der Waals surface area contributed by atoms with Crippen molar-refractivity contribution in [1.82, 2.24) is 4.72 Å². The molecular weight excluding hydrogens is 278 g/mol. The molecule has 112 valence electrons. The third-order valence-electron chi connectivity index (χ3n) is 3.21. The summed E-state index contributed by atoms with van der Waals surface area (Å²) in [7, 11) is -2.56. The molecule has 0 heterocycles. The zero-order valence-electron chi connectivity index (χ0n) is 12.4. The fourth-order valence-corrected chi connectivity index (χ4v) is 3.10. The van der Waals surface area contributed by atoms with Gasteiger partial charge in [0.25, 0.3) is 0 Å². The van der Waals surface area contributed by atoms with Crippen molar-refractivity contribution in [2.45, 2.75) is 38.6 Å². The molecule has 0 saturated carbocycles. The zero-order valence-corrected chi connectivity index (χ0v) is 13.2. The molecule has 6 heteroatoms. The van der Waals surface area contributed by atoms with E-state index in [2.05, 4.69) is 9.46 Å². The molecule has 5 nitrogen and oxygen atoms in total. The molecule has 1 N–H and O–H groups in total. The highest BCUT2D eigenvalue weighted by molar-refractivity contribution is 7.89. The Morgan fingerprint density at radius 2 is 1.80 bits per heavy atom. The standard InChI is InChI=1S/C14H21NO4S/c1-10(14(2,3)4)15-20(17,18)12-9-7-6-8-11(12)13(16)19-5/h6-10,15H,1-5H3. The molecule has 0 aliphatic carbocycles. The first-order valence-corrected chi connectivity index (χ1v) is 7.77. The minimum atomic E-state index is -3.78. The van der Waals surface area contributed by atoms with Crippen molar-refractivity contribution in [2.75, 3.05) is 7.11 Å². The lowest BCUT2D eigenvalue weighted by molar-refractivity contribution is 0.0596. The number of hydrogen-bond donors (Lipinski definition) is 1. The molecule has 1 atom stereocenters. The van der Waals surface area contributed by atoms with Crippen LogP contribution >= 0.6 is 0 Å². The molecule has 0 aromatic heterocycles. The van der Waals surface area contributed by atoms with Crippen molar-refractivity contribution in [1.29, 1.82) is 0 Å². The number of nitrogens with one attached hydrogen (secondary N) is 1. The smallest absolute Gasteiger partial charge is 0.339 e. The van der Waals surface area contributed by atoms with E-state index in [9.17, 15) is 13.2 Å². The highest BCUT2D eigenvalue weighted by Crippen LogP contribution is 2.22. The van der Waals surface area contributed by atoms with Gasteiger partial charge in [0.15, 0.2) is 0 Å². The fraction of sp³-hybridized carbons (Fsp3) is 0.500. The Hall–Kier alpha value is -1.40. The molecule has 0 spiro atoms. The van der Waals surface area contributed by atoms with Crippen molar-refractivity contribution >= 4 is 16.0 Å². The minimum Gasteiger partial charge on any atom is -0.465 e. The van der Waals surface area contributed by atoms with Crippen LogP contribution in [0.25, 0.3) is 0 Å². The number of benzene rings is 1. The Kier molecular flexibility index (Phi) is 4.94. The van der Waals surface area contributed by atoms with Crippen LogP contribution in [-0.2, 0) is 14.8 Å². The Bertz CT molecular complexity index is 587. The number of carbonyl (C=O) groups is 1. The van der Waals surface area contributed by atoms with E-state index in [4.69, 9.17) is 0 Å². The molecular formula is C14H21NO4S. The van der Waals surface area contributed by atoms with Gasteiger partial charge in [0.1, 0.15) is 0 Å². The van der Waals surface area contributed by atoms with Crippen LogP contribution in [0.3, 0.4) is 0 Å². The topological polar surface area (TPSA) is 72.5 Å². The fourth-order valence-electron chi connectivity index (χ4n) is 1.45. The molecule has 0 aliphatic rings. The molecule has 0 saturated heterocycles. The summed E-state index contributed by atoms with van der Waals surface area (Å²) >= 11 is 0. The maximum atomic E-state index is 12.4. The van der Waals surface area contributed by atoms with Crippen LogP contribution in [0.4, 0.5) is 0 Å². The van der Waals surface area contributed by atoms with Crippen LogP contribution < -0.4 is 4.72 Å². The lowest BCUT2D eigenvalue weighted by Gasteiger charge is -2.28. The second-order valence-corrected chi connectivity index (χ2v) is 7.38. The molecule has 20 heavy (non-hydrogen) atoms. The second-order valence-electron chi connectivity index (χ2n) is 5.70. The summed E-state index contributed by atoms with van der Waals surface area (Å²) in [4.78, 5) is 11.6. The van der Waals surface area contributed by atoms with Crippen molar-refractivity contribution in [3.63, 3.8) is 0 Å². The molecule has 0 radical (unpaired) electrons. The van der Waals surface area contributed by atoms with E-state index in [1.165, 1.54) is 19.2 Å². The Morgan fingerprint density at radius 3 is 2.30 bits per heavy atom. The summed E-state index contributed by atoms with van der Waals surface area (Å²) in [6.45, 7) is 7.60. The normalized spacial score (nSPS) is 13.8. The largest absolute Gasteiger partial charge is 0.465 e. The SMILES string of the molecule is COC(=O)c1ccccc1S(=O)(=O)NC(C)C(C)(C)C. The quantitative estimate of drug-likeness (QED) is 0.865. The number of esters is 1. The molecule has 0 bridgehead atoms. The maximum Gasteiger partial charge on any atom is 0.339 e. The van der Waals surface area contributed by atoms with E-state index in [1.54, 1.807) is 19.1 Å². The first-order chi connectivity index (χ1) is 9.09.